The highest BCUT2D eigenvalue weighted by molar-refractivity contribution is 5.60. The van der Waals surface area contributed by atoms with Crippen molar-refractivity contribution in [1.82, 2.24) is 0 Å². The Hall–Kier alpha value is -2.04. The standard InChI is InChI=1S/C13H15O5/c1-11(17-10-14)18-13(15)16-9-5-8-12-6-3-2-4-7-12/h2-4,6-7,11H,5,8-9H2,1H3. The van der Waals surface area contributed by atoms with Gasteiger partial charge >= 0.3 is 12.6 Å². The monoisotopic (exact) mass is 251 g/mol. The molecule has 18 heavy (non-hydrogen) atoms. The van der Waals surface area contributed by atoms with Crippen LogP contribution in [0.4, 0.5) is 4.79 Å². The summed E-state index contributed by atoms with van der Waals surface area (Å²) in [6.45, 7) is 2.83. The number of hydrogen-bond acceptors (Lipinski definition) is 5. The maximum Gasteiger partial charge on any atom is 0.511 e. The second-order valence-corrected chi connectivity index (χ2v) is 3.57. The molecule has 0 aliphatic heterocycles. The zero-order valence-electron chi connectivity index (χ0n) is 10.1. The van der Waals surface area contributed by atoms with Crippen LogP contribution in [0.2, 0.25) is 0 Å². The van der Waals surface area contributed by atoms with Crippen LogP contribution in [-0.2, 0) is 25.4 Å². The molecule has 1 atom stereocenters. The van der Waals surface area contributed by atoms with Crippen LogP contribution in [0.1, 0.15) is 18.9 Å². The fourth-order valence-corrected chi connectivity index (χ4v) is 1.34. The van der Waals surface area contributed by atoms with Gasteiger partial charge in [-0.25, -0.2) is 9.59 Å². The van der Waals surface area contributed by atoms with E-state index in [9.17, 15) is 9.59 Å². The maximum absolute atomic E-state index is 11.1. The molecule has 1 rings (SSSR count). The summed E-state index contributed by atoms with van der Waals surface area (Å²) < 4.78 is 13.7. The molecule has 0 spiro atoms. The van der Waals surface area contributed by atoms with Crippen molar-refractivity contribution in [3.63, 3.8) is 0 Å². The number of ether oxygens (including phenoxy) is 3. The van der Waals surface area contributed by atoms with Gasteiger partial charge in [-0.15, -0.1) is 0 Å². The fraction of sp³-hybridized carbons (Fsp3) is 0.385. The van der Waals surface area contributed by atoms with E-state index in [-0.39, 0.29) is 6.61 Å². The molecule has 0 saturated heterocycles. The predicted octanol–water partition coefficient (Wildman–Crippen LogP) is 2.20. The van der Waals surface area contributed by atoms with E-state index in [2.05, 4.69) is 9.47 Å². The molecule has 97 valence electrons. The molecular weight excluding hydrogens is 236 g/mol. The molecule has 0 heterocycles. The van der Waals surface area contributed by atoms with Crippen molar-refractivity contribution in [2.24, 2.45) is 0 Å². The van der Waals surface area contributed by atoms with Gasteiger partial charge in [-0.3, -0.25) is 0 Å². The molecule has 0 saturated carbocycles. The van der Waals surface area contributed by atoms with Crippen molar-refractivity contribution in [3.8, 4) is 0 Å². The largest absolute Gasteiger partial charge is 0.511 e. The van der Waals surface area contributed by atoms with E-state index in [4.69, 9.17) is 4.74 Å². The van der Waals surface area contributed by atoms with Crippen molar-refractivity contribution in [3.05, 3.63) is 35.9 Å². The van der Waals surface area contributed by atoms with Gasteiger partial charge in [-0.05, 0) is 18.4 Å². The fourth-order valence-electron chi connectivity index (χ4n) is 1.34. The predicted molar refractivity (Wildman–Crippen MR) is 63.4 cm³/mol. The molecular formula is C13H15O5. The first-order chi connectivity index (χ1) is 8.72. The van der Waals surface area contributed by atoms with Gasteiger partial charge in [-0.2, -0.15) is 0 Å². The summed E-state index contributed by atoms with van der Waals surface area (Å²) in [5.41, 5.74) is 1.18. The molecule has 0 aromatic heterocycles. The smallest absolute Gasteiger partial charge is 0.434 e. The first kappa shape index (κ1) is 14.0. The second kappa shape index (κ2) is 8.11. The second-order valence-electron chi connectivity index (χ2n) is 3.57. The third-order valence-electron chi connectivity index (χ3n) is 2.15. The lowest BCUT2D eigenvalue weighted by Gasteiger charge is -2.10. The molecule has 0 aliphatic carbocycles. The summed E-state index contributed by atoms with van der Waals surface area (Å²) in [6.07, 6.45) is -0.314. The Kier molecular flexibility index (Phi) is 6.32. The number of benzene rings is 1. The molecule has 1 radical (unpaired) electrons. The minimum Gasteiger partial charge on any atom is -0.434 e. The average molecular weight is 251 g/mol. The van der Waals surface area contributed by atoms with Crippen LogP contribution < -0.4 is 0 Å². The Balaban J connectivity index is 2.10. The molecule has 0 N–H and O–H groups in total. The highest BCUT2D eigenvalue weighted by atomic mass is 16.8. The van der Waals surface area contributed by atoms with Gasteiger partial charge in [0.1, 0.15) is 0 Å². The van der Waals surface area contributed by atoms with Gasteiger partial charge in [0, 0.05) is 6.92 Å². The van der Waals surface area contributed by atoms with E-state index >= 15 is 0 Å². The molecule has 0 fully saturated rings. The van der Waals surface area contributed by atoms with Gasteiger partial charge in [0.25, 0.3) is 0 Å². The molecule has 1 aromatic carbocycles. The van der Waals surface area contributed by atoms with E-state index < -0.39 is 12.4 Å². The van der Waals surface area contributed by atoms with Crippen LogP contribution in [0.25, 0.3) is 0 Å². The van der Waals surface area contributed by atoms with E-state index in [0.29, 0.717) is 6.42 Å². The normalized spacial score (nSPS) is 11.4. The summed E-state index contributed by atoms with van der Waals surface area (Å²) in [5.74, 6) is 0. The summed E-state index contributed by atoms with van der Waals surface area (Å²) in [5, 5.41) is 0. The van der Waals surface area contributed by atoms with Crippen LogP contribution in [0.15, 0.2) is 30.3 Å². The van der Waals surface area contributed by atoms with E-state index in [1.54, 1.807) is 0 Å². The van der Waals surface area contributed by atoms with Gasteiger partial charge < -0.3 is 14.2 Å². The number of aryl methyl sites for hydroxylation is 1. The van der Waals surface area contributed by atoms with Crippen LogP contribution in [-0.4, -0.2) is 25.5 Å². The lowest BCUT2D eigenvalue weighted by Crippen LogP contribution is -2.18. The Labute approximate surface area is 106 Å². The SMILES string of the molecule is CC(O[C]=O)OC(=O)OCCCc1ccccc1. The minimum absolute atomic E-state index is 0.255. The van der Waals surface area contributed by atoms with Crippen molar-refractivity contribution in [1.29, 1.82) is 0 Å². The Morgan fingerprint density at radius 3 is 2.72 bits per heavy atom. The lowest BCUT2D eigenvalue weighted by molar-refractivity contribution is -0.0607. The molecule has 5 heteroatoms. The van der Waals surface area contributed by atoms with Gasteiger partial charge in [0.05, 0.1) is 6.61 Å². The average Bonchev–Trinajstić information content (AvgIpc) is 2.36. The van der Waals surface area contributed by atoms with Crippen molar-refractivity contribution in [2.75, 3.05) is 6.61 Å². The zero-order chi connectivity index (χ0) is 13.2. The number of hydrogen-bond donors (Lipinski definition) is 0. The summed E-state index contributed by atoms with van der Waals surface area (Å²) in [6, 6.07) is 9.88. The maximum atomic E-state index is 11.1. The van der Waals surface area contributed by atoms with Gasteiger partial charge in [-0.1, -0.05) is 30.3 Å². The number of carbonyl (C=O) groups is 1. The summed E-state index contributed by atoms with van der Waals surface area (Å²) in [4.78, 5) is 20.9. The first-order valence-electron chi connectivity index (χ1n) is 5.62. The highest BCUT2D eigenvalue weighted by Gasteiger charge is 2.10. The third kappa shape index (κ3) is 5.89. The zero-order valence-corrected chi connectivity index (χ0v) is 10.1. The number of carbonyl (C=O) groups excluding carboxylic acids is 2. The number of rotatable bonds is 7. The topological polar surface area (TPSA) is 61.8 Å². The van der Waals surface area contributed by atoms with Crippen LogP contribution in [0.3, 0.4) is 0 Å². The Morgan fingerprint density at radius 2 is 2.06 bits per heavy atom. The third-order valence-corrected chi connectivity index (χ3v) is 2.15. The van der Waals surface area contributed by atoms with E-state index in [1.807, 2.05) is 30.3 Å². The summed E-state index contributed by atoms with van der Waals surface area (Å²) >= 11 is 0. The van der Waals surface area contributed by atoms with E-state index in [0.717, 1.165) is 6.42 Å². The van der Waals surface area contributed by atoms with Crippen LogP contribution in [0, 0.1) is 0 Å². The summed E-state index contributed by atoms with van der Waals surface area (Å²) in [7, 11) is 0. The van der Waals surface area contributed by atoms with Crippen LogP contribution in [0.5, 0.6) is 0 Å². The van der Waals surface area contributed by atoms with Gasteiger partial charge in [0.15, 0.2) is 0 Å². The van der Waals surface area contributed by atoms with Crippen LogP contribution >= 0.6 is 0 Å². The molecule has 0 amide bonds. The molecule has 1 aromatic rings. The van der Waals surface area contributed by atoms with Crippen molar-refractivity contribution in [2.45, 2.75) is 26.1 Å². The van der Waals surface area contributed by atoms with Crippen molar-refractivity contribution < 1.29 is 23.8 Å². The van der Waals surface area contributed by atoms with Crippen molar-refractivity contribution >= 4 is 12.6 Å². The highest BCUT2D eigenvalue weighted by Crippen LogP contribution is 2.03. The van der Waals surface area contributed by atoms with E-state index in [1.165, 1.54) is 19.0 Å². The lowest BCUT2D eigenvalue weighted by atomic mass is 10.1. The first-order valence-corrected chi connectivity index (χ1v) is 5.62. The molecule has 5 nitrogen and oxygen atoms in total. The molecule has 0 bridgehead atoms. The van der Waals surface area contributed by atoms with Gasteiger partial charge in [0.2, 0.25) is 6.29 Å². The molecule has 1 unspecified atom stereocenters. The quantitative estimate of drug-likeness (QED) is 0.422. The Bertz CT molecular complexity index is 363. The Morgan fingerprint density at radius 1 is 1.33 bits per heavy atom. The minimum atomic E-state index is -0.982. The molecule has 0 aliphatic rings.